The molecule has 1 nitrogen and oxygen atoms in total. The SMILES string of the molecule is BrC(c1ccc2c(c1)COC2)c1csc2ccccc12. The average Bonchev–Trinajstić information content (AvgIpc) is 3.12. The van der Waals surface area contributed by atoms with Crippen molar-refractivity contribution in [3.8, 4) is 0 Å². The quantitative estimate of drug-likeness (QED) is 0.564. The van der Waals surface area contributed by atoms with E-state index in [1.54, 1.807) is 0 Å². The minimum absolute atomic E-state index is 0.240. The number of rotatable bonds is 2. The van der Waals surface area contributed by atoms with Crippen molar-refractivity contribution < 1.29 is 4.74 Å². The summed E-state index contributed by atoms with van der Waals surface area (Å²) in [5.74, 6) is 0. The molecule has 1 aliphatic heterocycles. The Morgan fingerprint density at radius 1 is 1.05 bits per heavy atom. The third kappa shape index (κ3) is 2.01. The molecule has 4 rings (SSSR count). The average molecular weight is 345 g/mol. The Labute approximate surface area is 130 Å². The molecule has 0 radical (unpaired) electrons. The van der Waals surface area contributed by atoms with Gasteiger partial charge in [-0.1, -0.05) is 52.3 Å². The summed E-state index contributed by atoms with van der Waals surface area (Å²) in [5, 5.41) is 3.60. The lowest BCUT2D eigenvalue weighted by atomic mass is 10.00. The molecule has 0 N–H and O–H groups in total. The minimum Gasteiger partial charge on any atom is -0.372 e. The summed E-state index contributed by atoms with van der Waals surface area (Å²) >= 11 is 5.68. The zero-order valence-corrected chi connectivity index (χ0v) is 13.2. The van der Waals surface area contributed by atoms with Crippen LogP contribution in [0.4, 0.5) is 0 Å². The van der Waals surface area contributed by atoms with Crippen molar-refractivity contribution in [3.63, 3.8) is 0 Å². The summed E-state index contributed by atoms with van der Waals surface area (Å²) in [6, 6.07) is 15.3. The Morgan fingerprint density at radius 3 is 2.85 bits per heavy atom. The number of benzene rings is 2. The molecule has 1 unspecified atom stereocenters. The van der Waals surface area contributed by atoms with Crippen LogP contribution in [0.2, 0.25) is 0 Å². The highest BCUT2D eigenvalue weighted by atomic mass is 79.9. The summed E-state index contributed by atoms with van der Waals surface area (Å²) in [7, 11) is 0. The van der Waals surface area contributed by atoms with E-state index in [1.165, 1.54) is 32.3 Å². The van der Waals surface area contributed by atoms with Crippen LogP contribution in [0.15, 0.2) is 47.8 Å². The predicted octanol–water partition coefficient (Wildman–Crippen LogP) is 5.42. The van der Waals surface area contributed by atoms with E-state index in [0.29, 0.717) is 0 Å². The maximum absolute atomic E-state index is 5.50. The Bertz CT molecular complexity index is 778. The van der Waals surface area contributed by atoms with E-state index in [9.17, 15) is 0 Å². The van der Waals surface area contributed by atoms with E-state index in [4.69, 9.17) is 4.74 Å². The lowest BCUT2D eigenvalue weighted by Gasteiger charge is -2.11. The summed E-state index contributed by atoms with van der Waals surface area (Å²) in [5.41, 5.74) is 5.30. The fourth-order valence-electron chi connectivity index (χ4n) is 2.72. The topological polar surface area (TPSA) is 9.23 Å². The monoisotopic (exact) mass is 344 g/mol. The number of ether oxygens (including phenoxy) is 1. The molecule has 1 aliphatic rings. The first-order valence-corrected chi connectivity index (χ1v) is 8.42. The fraction of sp³-hybridized carbons (Fsp3) is 0.176. The molecule has 0 bridgehead atoms. The third-order valence-corrected chi connectivity index (χ3v) is 5.83. The number of alkyl halides is 1. The van der Waals surface area contributed by atoms with Gasteiger partial charge < -0.3 is 4.74 Å². The van der Waals surface area contributed by atoms with Gasteiger partial charge in [0.1, 0.15) is 0 Å². The second kappa shape index (κ2) is 4.99. The van der Waals surface area contributed by atoms with Crippen LogP contribution in [-0.4, -0.2) is 0 Å². The van der Waals surface area contributed by atoms with Gasteiger partial charge in [0.15, 0.2) is 0 Å². The standard InChI is InChI=1S/C17H13BrOS/c18-17(11-5-6-12-8-19-9-13(12)7-11)15-10-20-16-4-2-1-3-14(15)16/h1-7,10,17H,8-9H2. The molecule has 3 heteroatoms. The second-order valence-electron chi connectivity index (χ2n) is 5.07. The highest BCUT2D eigenvalue weighted by Gasteiger charge is 2.18. The van der Waals surface area contributed by atoms with Gasteiger partial charge in [-0.05, 0) is 39.1 Å². The van der Waals surface area contributed by atoms with E-state index in [0.717, 1.165) is 13.2 Å². The minimum atomic E-state index is 0.240. The zero-order chi connectivity index (χ0) is 13.5. The van der Waals surface area contributed by atoms with Gasteiger partial charge in [0.05, 0.1) is 18.0 Å². The molecule has 0 fully saturated rings. The van der Waals surface area contributed by atoms with Crippen LogP contribution in [0.5, 0.6) is 0 Å². The van der Waals surface area contributed by atoms with Gasteiger partial charge in [0.25, 0.3) is 0 Å². The molecular weight excluding hydrogens is 332 g/mol. The highest BCUT2D eigenvalue weighted by molar-refractivity contribution is 9.09. The largest absolute Gasteiger partial charge is 0.372 e. The molecule has 0 aliphatic carbocycles. The Kier molecular flexibility index (Phi) is 3.14. The molecule has 2 aromatic carbocycles. The normalized spacial score (nSPS) is 15.4. The molecule has 0 saturated heterocycles. The first kappa shape index (κ1) is 12.6. The first-order valence-electron chi connectivity index (χ1n) is 6.62. The second-order valence-corrected chi connectivity index (χ2v) is 6.90. The van der Waals surface area contributed by atoms with E-state index in [-0.39, 0.29) is 4.83 Å². The van der Waals surface area contributed by atoms with Crippen molar-refractivity contribution in [2.75, 3.05) is 0 Å². The van der Waals surface area contributed by atoms with E-state index >= 15 is 0 Å². The number of halogens is 1. The maximum Gasteiger partial charge on any atom is 0.0725 e. The van der Waals surface area contributed by atoms with Crippen LogP contribution in [0.1, 0.15) is 27.1 Å². The molecule has 0 spiro atoms. The molecule has 1 atom stereocenters. The van der Waals surface area contributed by atoms with Crippen LogP contribution in [0.3, 0.4) is 0 Å². The summed E-state index contributed by atoms with van der Waals surface area (Å²) in [6.07, 6.45) is 0. The van der Waals surface area contributed by atoms with Gasteiger partial charge in [0.2, 0.25) is 0 Å². The number of thiophene rings is 1. The molecule has 0 saturated carbocycles. The van der Waals surface area contributed by atoms with Crippen molar-refractivity contribution in [2.24, 2.45) is 0 Å². The molecule has 100 valence electrons. The van der Waals surface area contributed by atoms with Gasteiger partial charge in [-0.25, -0.2) is 0 Å². The summed E-state index contributed by atoms with van der Waals surface area (Å²) < 4.78 is 6.84. The predicted molar refractivity (Wildman–Crippen MR) is 87.5 cm³/mol. The van der Waals surface area contributed by atoms with Crippen molar-refractivity contribution in [3.05, 3.63) is 70.1 Å². The van der Waals surface area contributed by atoms with Gasteiger partial charge in [-0.3, -0.25) is 0 Å². The van der Waals surface area contributed by atoms with Crippen molar-refractivity contribution in [1.82, 2.24) is 0 Å². The Morgan fingerprint density at radius 2 is 1.90 bits per heavy atom. The smallest absolute Gasteiger partial charge is 0.0725 e. The molecular formula is C17H13BrOS. The molecule has 3 aromatic rings. The molecule has 1 aromatic heterocycles. The number of hydrogen-bond acceptors (Lipinski definition) is 2. The lowest BCUT2D eigenvalue weighted by Crippen LogP contribution is -1.94. The van der Waals surface area contributed by atoms with Crippen LogP contribution < -0.4 is 0 Å². The van der Waals surface area contributed by atoms with Crippen LogP contribution in [0, 0.1) is 0 Å². The van der Waals surface area contributed by atoms with Gasteiger partial charge in [0, 0.05) is 4.70 Å². The van der Waals surface area contributed by atoms with Crippen molar-refractivity contribution in [1.29, 1.82) is 0 Å². The first-order chi connectivity index (χ1) is 9.83. The van der Waals surface area contributed by atoms with Crippen LogP contribution >= 0.6 is 27.3 Å². The third-order valence-electron chi connectivity index (χ3n) is 3.82. The summed E-state index contributed by atoms with van der Waals surface area (Å²) in [4.78, 5) is 0.240. The molecule has 2 heterocycles. The summed E-state index contributed by atoms with van der Waals surface area (Å²) in [6.45, 7) is 1.50. The van der Waals surface area contributed by atoms with Gasteiger partial charge in [-0.15, -0.1) is 11.3 Å². The maximum atomic E-state index is 5.50. The lowest BCUT2D eigenvalue weighted by molar-refractivity contribution is 0.134. The van der Waals surface area contributed by atoms with Crippen LogP contribution in [-0.2, 0) is 18.0 Å². The Hall–Kier alpha value is -1.16. The fourth-order valence-corrected chi connectivity index (χ4v) is 4.55. The Balaban J connectivity index is 1.78. The van der Waals surface area contributed by atoms with Gasteiger partial charge >= 0.3 is 0 Å². The van der Waals surface area contributed by atoms with E-state index in [2.05, 4.69) is 63.8 Å². The van der Waals surface area contributed by atoms with E-state index in [1.807, 2.05) is 11.3 Å². The molecule has 0 amide bonds. The molecule has 20 heavy (non-hydrogen) atoms. The van der Waals surface area contributed by atoms with E-state index < -0.39 is 0 Å². The number of hydrogen-bond donors (Lipinski definition) is 0. The van der Waals surface area contributed by atoms with Crippen LogP contribution in [0.25, 0.3) is 10.1 Å². The van der Waals surface area contributed by atoms with Gasteiger partial charge in [-0.2, -0.15) is 0 Å². The van der Waals surface area contributed by atoms with Crippen molar-refractivity contribution in [2.45, 2.75) is 18.0 Å². The highest BCUT2D eigenvalue weighted by Crippen LogP contribution is 2.39. The van der Waals surface area contributed by atoms with Crippen molar-refractivity contribution >= 4 is 37.4 Å². The zero-order valence-electron chi connectivity index (χ0n) is 10.8. The number of fused-ring (bicyclic) bond motifs is 2.